The average molecular weight is 390 g/mol. The summed E-state index contributed by atoms with van der Waals surface area (Å²) in [5, 5.41) is 9.57. The molecule has 1 aliphatic heterocycles. The van der Waals surface area contributed by atoms with Crippen molar-refractivity contribution in [2.45, 2.75) is 0 Å². The monoisotopic (exact) mass is 389 g/mol. The summed E-state index contributed by atoms with van der Waals surface area (Å²) in [6.45, 7) is 3.91. The van der Waals surface area contributed by atoms with Gasteiger partial charge in [-0.3, -0.25) is 0 Å². The Bertz CT molecular complexity index is 833. The molecule has 0 radical (unpaired) electrons. The van der Waals surface area contributed by atoms with Gasteiger partial charge in [0.25, 0.3) is 0 Å². The molecule has 27 heavy (non-hydrogen) atoms. The first-order valence-corrected chi connectivity index (χ1v) is 8.52. The normalized spacial score (nSPS) is 15.0. The van der Waals surface area contributed by atoms with E-state index in [1.165, 1.54) is 0 Å². The number of allylic oxidation sites excluding steroid dienone is 1. The SMILES string of the molecule is COc1ccc(C(C#N)=Cc2ccc(N3CCN(C)CC3)o2)cc1OC.Cl. The summed E-state index contributed by atoms with van der Waals surface area (Å²) in [6.07, 6.45) is 1.75. The van der Waals surface area contributed by atoms with Gasteiger partial charge in [0.05, 0.1) is 25.9 Å². The molecule has 3 rings (SSSR count). The number of hydrogen-bond acceptors (Lipinski definition) is 6. The Morgan fingerprint density at radius 2 is 1.78 bits per heavy atom. The molecule has 6 nitrogen and oxygen atoms in total. The second-order valence-corrected chi connectivity index (χ2v) is 6.21. The lowest BCUT2D eigenvalue weighted by Gasteiger charge is -2.32. The minimum Gasteiger partial charge on any atom is -0.493 e. The van der Waals surface area contributed by atoms with Crippen molar-refractivity contribution in [3.63, 3.8) is 0 Å². The number of piperazine rings is 1. The van der Waals surface area contributed by atoms with Crippen LogP contribution in [0.3, 0.4) is 0 Å². The predicted octanol–water partition coefficient (Wildman–Crippen LogP) is 3.53. The molecule has 0 aliphatic carbocycles. The highest BCUT2D eigenvalue weighted by Gasteiger charge is 2.17. The van der Waals surface area contributed by atoms with E-state index in [0.29, 0.717) is 22.8 Å². The van der Waals surface area contributed by atoms with Gasteiger partial charge < -0.3 is 23.7 Å². The molecule has 0 spiro atoms. The van der Waals surface area contributed by atoms with Gasteiger partial charge in [-0.25, -0.2) is 0 Å². The maximum Gasteiger partial charge on any atom is 0.196 e. The Labute approximate surface area is 166 Å². The highest BCUT2D eigenvalue weighted by molar-refractivity contribution is 5.89. The second kappa shape index (κ2) is 9.36. The molecule has 7 heteroatoms. The molecular weight excluding hydrogens is 366 g/mol. The van der Waals surface area contributed by atoms with Gasteiger partial charge in [0.1, 0.15) is 5.76 Å². The van der Waals surface area contributed by atoms with Crippen LogP contribution in [-0.4, -0.2) is 52.3 Å². The highest BCUT2D eigenvalue weighted by atomic mass is 35.5. The van der Waals surface area contributed by atoms with E-state index in [-0.39, 0.29) is 12.4 Å². The fourth-order valence-corrected chi connectivity index (χ4v) is 2.94. The molecule has 1 aromatic heterocycles. The third kappa shape index (κ3) is 4.76. The van der Waals surface area contributed by atoms with Crippen molar-refractivity contribution in [1.82, 2.24) is 4.90 Å². The number of halogens is 1. The van der Waals surface area contributed by atoms with Gasteiger partial charge in [0.2, 0.25) is 0 Å². The molecule has 1 aliphatic rings. The number of ether oxygens (including phenoxy) is 2. The first kappa shape index (κ1) is 20.7. The molecule has 0 bridgehead atoms. The molecule has 0 amide bonds. The standard InChI is InChI=1S/C20H23N3O3.ClH/c1-22-8-10-23(11-9-22)20-7-5-17(26-20)12-16(14-21)15-4-6-18(24-2)19(13-15)25-3;/h4-7,12-13H,8-11H2,1-3H3;1H. The topological polar surface area (TPSA) is 61.9 Å². The summed E-state index contributed by atoms with van der Waals surface area (Å²) in [4.78, 5) is 4.52. The Balaban J connectivity index is 0.00000261. The number of rotatable bonds is 5. The van der Waals surface area contributed by atoms with Crippen molar-refractivity contribution < 1.29 is 13.9 Å². The third-order valence-electron chi connectivity index (χ3n) is 4.53. The van der Waals surface area contributed by atoms with Gasteiger partial charge >= 0.3 is 0 Å². The Morgan fingerprint density at radius 1 is 1.07 bits per heavy atom. The van der Waals surface area contributed by atoms with Crippen molar-refractivity contribution in [3.8, 4) is 17.6 Å². The minimum absolute atomic E-state index is 0. The van der Waals surface area contributed by atoms with Gasteiger partial charge in [-0.2, -0.15) is 5.26 Å². The number of benzene rings is 1. The van der Waals surface area contributed by atoms with Crippen LogP contribution in [0, 0.1) is 11.3 Å². The van der Waals surface area contributed by atoms with Crippen LogP contribution in [0.1, 0.15) is 11.3 Å². The van der Waals surface area contributed by atoms with Gasteiger partial charge in [-0.1, -0.05) is 0 Å². The van der Waals surface area contributed by atoms with E-state index in [1.54, 1.807) is 32.4 Å². The van der Waals surface area contributed by atoms with Crippen LogP contribution in [-0.2, 0) is 0 Å². The Hall–Kier alpha value is -2.62. The summed E-state index contributed by atoms with van der Waals surface area (Å²) in [6, 6.07) is 11.5. The van der Waals surface area contributed by atoms with Crippen LogP contribution in [0.15, 0.2) is 34.7 Å². The lowest BCUT2D eigenvalue weighted by Crippen LogP contribution is -2.44. The fraction of sp³-hybridized carbons (Fsp3) is 0.350. The summed E-state index contributed by atoms with van der Waals surface area (Å²) in [5.74, 6) is 2.71. The number of nitriles is 1. The van der Waals surface area contributed by atoms with Crippen LogP contribution >= 0.6 is 12.4 Å². The molecule has 0 N–H and O–H groups in total. The van der Waals surface area contributed by atoms with Crippen molar-refractivity contribution in [3.05, 3.63) is 41.7 Å². The van der Waals surface area contributed by atoms with Gasteiger partial charge in [0, 0.05) is 32.2 Å². The number of anilines is 1. The maximum atomic E-state index is 9.57. The Morgan fingerprint density at radius 3 is 2.41 bits per heavy atom. The minimum atomic E-state index is 0. The molecule has 1 fully saturated rings. The summed E-state index contributed by atoms with van der Waals surface area (Å²) in [7, 11) is 5.28. The summed E-state index contributed by atoms with van der Waals surface area (Å²) < 4.78 is 16.5. The van der Waals surface area contributed by atoms with Gasteiger partial charge in [0.15, 0.2) is 17.4 Å². The van der Waals surface area contributed by atoms with Crippen LogP contribution in [0.4, 0.5) is 5.88 Å². The highest BCUT2D eigenvalue weighted by Crippen LogP contribution is 2.31. The van der Waals surface area contributed by atoms with E-state index >= 15 is 0 Å². The number of hydrogen-bond donors (Lipinski definition) is 0. The van der Waals surface area contributed by atoms with Crippen molar-refractivity contribution >= 4 is 29.9 Å². The molecule has 0 unspecified atom stereocenters. The van der Waals surface area contributed by atoms with Crippen LogP contribution in [0.2, 0.25) is 0 Å². The maximum absolute atomic E-state index is 9.57. The number of methoxy groups -OCH3 is 2. The fourth-order valence-electron chi connectivity index (χ4n) is 2.94. The number of likely N-dealkylation sites (N-methyl/N-ethyl adjacent to an activating group) is 1. The zero-order valence-corrected chi connectivity index (χ0v) is 16.6. The van der Waals surface area contributed by atoms with E-state index in [9.17, 15) is 5.26 Å². The molecule has 2 heterocycles. The smallest absolute Gasteiger partial charge is 0.196 e. The van der Waals surface area contributed by atoms with E-state index in [0.717, 1.165) is 37.6 Å². The predicted molar refractivity (Wildman–Crippen MR) is 109 cm³/mol. The van der Waals surface area contributed by atoms with E-state index in [2.05, 4.69) is 22.9 Å². The average Bonchev–Trinajstić information content (AvgIpc) is 3.14. The van der Waals surface area contributed by atoms with E-state index in [4.69, 9.17) is 13.9 Å². The van der Waals surface area contributed by atoms with Crippen molar-refractivity contribution in [2.75, 3.05) is 52.3 Å². The van der Waals surface area contributed by atoms with Crippen LogP contribution in [0.25, 0.3) is 11.6 Å². The van der Waals surface area contributed by atoms with Crippen molar-refractivity contribution in [1.29, 1.82) is 5.26 Å². The third-order valence-corrected chi connectivity index (χ3v) is 4.53. The number of furan rings is 1. The molecular formula is C20H24ClN3O3. The summed E-state index contributed by atoms with van der Waals surface area (Å²) in [5.41, 5.74) is 1.26. The van der Waals surface area contributed by atoms with Crippen molar-refractivity contribution in [2.24, 2.45) is 0 Å². The van der Waals surface area contributed by atoms with Gasteiger partial charge in [-0.05, 0) is 43.0 Å². The largest absolute Gasteiger partial charge is 0.493 e. The zero-order chi connectivity index (χ0) is 18.5. The van der Waals surface area contributed by atoms with Crippen LogP contribution < -0.4 is 14.4 Å². The number of nitrogens with zero attached hydrogens (tertiary/aromatic N) is 3. The lowest BCUT2D eigenvalue weighted by atomic mass is 10.1. The van der Waals surface area contributed by atoms with Gasteiger partial charge in [-0.15, -0.1) is 12.4 Å². The molecule has 2 aromatic rings. The first-order chi connectivity index (χ1) is 12.6. The van der Waals surface area contributed by atoms with E-state index in [1.807, 2.05) is 18.2 Å². The molecule has 1 aromatic carbocycles. The summed E-state index contributed by atoms with van der Waals surface area (Å²) >= 11 is 0. The Kier molecular flexibility index (Phi) is 7.17. The quantitative estimate of drug-likeness (QED) is 0.729. The van der Waals surface area contributed by atoms with Crippen LogP contribution in [0.5, 0.6) is 11.5 Å². The first-order valence-electron chi connectivity index (χ1n) is 8.52. The lowest BCUT2D eigenvalue weighted by molar-refractivity contribution is 0.306. The molecule has 1 saturated heterocycles. The van der Waals surface area contributed by atoms with E-state index < -0.39 is 0 Å². The molecule has 0 saturated carbocycles. The second-order valence-electron chi connectivity index (χ2n) is 6.21. The zero-order valence-electron chi connectivity index (χ0n) is 15.8. The molecule has 144 valence electrons. The molecule has 0 atom stereocenters.